The number of fused-ring (bicyclic) bond motifs is 1. The van der Waals surface area contributed by atoms with Crippen LogP contribution in [0.25, 0.3) is 0 Å². The molecule has 0 saturated carbocycles. The Morgan fingerprint density at radius 2 is 2.00 bits per heavy atom. The first kappa shape index (κ1) is 19.8. The molecule has 1 aliphatic carbocycles. The molecule has 0 bridgehead atoms. The molecule has 1 aliphatic rings. The number of aryl methyl sites for hydroxylation is 3. The molecule has 2 aromatic heterocycles. The molecule has 1 N–H and O–H groups in total. The lowest BCUT2D eigenvalue weighted by atomic mass is 10.1. The second-order valence-corrected chi connectivity index (χ2v) is 8.58. The number of esters is 1. The Hall–Kier alpha value is -1.93. The van der Waals surface area contributed by atoms with Crippen molar-refractivity contribution in [3.63, 3.8) is 0 Å². The van der Waals surface area contributed by atoms with Crippen molar-refractivity contribution in [2.24, 2.45) is 0 Å². The van der Waals surface area contributed by atoms with E-state index in [0.29, 0.717) is 22.3 Å². The van der Waals surface area contributed by atoms with Gasteiger partial charge in [0.15, 0.2) is 5.16 Å². The van der Waals surface area contributed by atoms with Gasteiger partial charge in [-0.1, -0.05) is 11.8 Å². The summed E-state index contributed by atoms with van der Waals surface area (Å²) < 4.78 is 5.12. The monoisotopic (exact) mass is 405 g/mol. The van der Waals surface area contributed by atoms with E-state index in [2.05, 4.69) is 15.3 Å². The summed E-state index contributed by atoms with van der Waals surface area (Å²) in [5.41, 5.74) is 4.67. The first-order chi connectivity index (χ1) is 12.9. The van der Waals surface area contributed by atoms with Crippen molar-refractivity contribution in [2.45, 2.75) is 52.1 Å². The van der Waals surface area contributed by atoms with Crippen LogP contribution in [0.5, 0.6) is 0 Å². The minimum atomic E-state index is -0.403. The molecule has 0 aliphatic heterocycles. The van der Waals surface area contributed by atoms with E-state index in [4.69, 9.17) is 4.74 Å². The van der Waals surface area contributed by atoms with Gasteiger partial charge in [-0.25, -0.2) is 14.8 Å². The molecule has 0 saturated heterocycles. The van der Waals surface area contributed by atoms with E-state index >= 15 is 0 Å². The maximum atomic E-state index is 12.4. The number of carbonyl (C=O) groups excluding carboxylic acids is 2. The van der Waals surface area contributed by atoms with Crippen LogP contribution in [0.15, 0.2) is 5.16 Å². The molecular formula is C19H23N3O3S2. The van der Waals surface area contributed by atoms with Crippen molar-refractivity contribution in [1.82, 2.24) is 9.97 Å². The third-order valence-corrected chi connectivity index (χ3v) is 6.54. The van der Waals surface area contributed by atoms with Crippen LogP contribution in [0, 0.1) is 20.8 Å². The lowest BCUT2D eigenvalue weighted by Crippen LogP contribution is -2.16. The molecule has 2 aromatic rings. The van der Waals surface area contributed by atoms with Gasteiger partial charge >= 0.3 is 5.97 Å². The molecule has 0 radical (unpaired) electrons. The fourth-order valence-electron chi connectivity index (χ4n) is 3.11. The highest BCUT2D eigenvalue weighted by atomic mass is 32.2. The molecule has 2 heterocycles. The number of amides is 1. The standard InChI is InChI=1S/C19H23N3O3S2/c1-5-25-18(24)16-10(2)12(4)27-17(16)22-15(23)9-26-19-20-11(3)13-7-6-8-14(13)21-19/h5-9H2,1-4H3,(H,22,23). The average Bonchev–Trinajstić information content (AvgIpc) is 3.19. The van der Waals surface area contributed by atoms with E-state index < -0.39 is 5.97 Å². The normalized spacial score (nSPS) is 12.7. The number of anilines is 1. The summed E-state index contributed by atoms with van der Waals surface area (Å²) in [4.78, 5) is 34.7. The highest BCUT2D eigenvalue weighted by Gasteiger charge is 2.22. The molecule has 6 nitrogen and oxygen atoms in total. The van der Waals surface area contributed by atoms with E-state index in [0.717, 1.165) is 41.1 Å². The predicted molar refractivity (Wildman–Crippen MR) is 108 cm³/mol. The van der Waals surface area contributed by atoms with Gasteiger partial charge in [-0.2, -0.15) is 0 Å². The zero-order valence-electron chi connectivity index (χ0n) is 16.0. The Morgan fingerprint density at radius 1 is 1.22 bits per heavy atom. The number of nitrogens with zero attached hydrogens (tertiary/aromatic N) is 2. The van der Waals surface area contributed by atoms with E-state index in [9.17, 15) is 9.59 Å². The van der Waals surface area contributed by atoms with Crippen molar-refractivity contribution >= 4 is 40.0 Å². The maximum absolute atomic E-state index is 12.4. The Bertz CT molecular complexity index is 893. The van der Waals surface area contributed by atoms with E-state index in [-0.39, 0.29) is 11.7 Å². The second-order valence-electron chi connectivity index (χ2n) is 6.42. The van der Waals surface area contributed by atoms with Gasteiger partial charge in [-0.15, -0.1) is 11.3 Å². The van der Waals surface area contributed by atoms with Crippen molar-refractivity contribution in [1.29, 1.82) is 0 Å². The summed E-state index contributed by atoms with van der Waals surface area (Å²) >= 11 is 2.71. The zero-order chi connectivity index (χ0) is 19.6. The molecule has 27 heavy (non-hydrogen) atoms. The third-order valence-electron chi connectivity index (χ3n) is 4.57. The first-order valence-corrected chi connectivity index (χ1v) is 10.8. The summed E-state index contributed by atoms with van der Waals surface area (Å²) in [5.74, 6) is -0.398. The molecule has 0 fully saturated rings. The van der Waals surface area contributed by atoms with Gasteiger partial charge < -0.3 is 10.1 Å². The number of thiophene rings is 1. The minimum absolute atomic E-state index is 0.187. The number of nitrogens with one attached hydrogen (secondary N) is 1. The Labute approximate surface area is 167 Å². The zero-order valence-corrected chi connectivity index (χ0v) is 17.6. The summed E-state index contributed by atoms with van der Waals surface area (Å²) in [6.07, 6.45) is 3.14. The van der Waals surface area contributed by atoms with Gasteiger partial charge in [0.05, 0.1) is 17.9 Å². The fraction of sp³-hybridized carbons (Fsp3) is 0.474. The minimum Gasteiger partial charge on any atom is -0.462 e. The van der Waals surface area contributed by atoms with Gasteiger partial charge in [-0.3, -0.25) is 4.79 Å². The molecule has 3 rings (SSSR count). The van der Waals surface area contributed by atoms with Crippen LogP contribution in [0.1, 0.15) is 51.1 Å². The molecule has 0 unspecified atom stereocenters. The first-order valence-electron chi connectivity index (χ1n) is 8.96. The SMILES string of the molecule is CCOC(=O)c1c(NC(=O)CSc2nc(C)c3c(n2)CCC3)sc(C)c1C. The van der Waals surface area contributed by atoms with E-state index in [1.54, 1.807) is 6.92 Å². The van der Waals surface area contributed by atoms with Gasteiger partial charge in [-0.05, 0) is 58.1 Å². The van der Waals surface area contributed by atoms with Gasteiger partial charge in [0.1, 0.15) is 5.00 Å². The predicted octanol–water partition coefficient (Wildman–Crippen LogP) is 3.86. The smallest absolute Gasteiger partial charge is 0.341 e. The topological polar surface area (TPSA) is 81.2 Å². The van der Waals surface area contributed by atoms with Crippen LogP contribution in [-0.2, 0) is 22.4 Å². The number of thioether (sulfide) groups is 1. The lowest BCUT2D eigenvalue weighted by Gasteiger charge is -2.08. The van der Waals surface area contributed by atoms with Crippen molar-refractivity contribution in [3.8, 4) is 0 Å². The molecule has 8 heteroatoms. The molecule has 0 spiro atoms. The molecular weight excluding hydrogens is 382 g/mol. The third kappa shape index (κ3) is 4.32. The summed E-state index contributed by atoms with van der Waals surface area (Å²) in [7, 11) is 0. The Morgan fingerprint density at radius 3 is 2.74 bits per heavy atom. The number of carbonyl (C=O) groups is 2. The van der Waals surface area contributed by atoms with Crippen LogP contribution in [0.4, 0.5) is 5.00 Å². The summed E-state index contributed by atoms with van der Waals surface area (Å²) in [6.45, 7) is 7.85. The lowest BCUT2D eigenvalue weighted by molar-refractivity contribution is -0.113. The number of aromatic nitrogens is 2. The van der Waals surface area contributed by atoms with Crippen LogP contribution in [0.2, 0.25) is 0 Å². The van der Waals surface area contributed by atoms with Gasteiger partial charge in [0, 0.05) is 16.3 Å². The fourth-order valence-corrected chi connectivity index (χ4v) is 4.89. The van der Waals surface area contributed by atoms with Crippen LogP contribution in [-0.4, -0.2) is 34.2 Å². The highest BCUT2D eigenvalue weighted by Crippen LogP contribution is 2.33. The maximum Gasteiger partial charge on any atom is 0.341 e. The van der Waals surface area contributed by atoms with Crippen molar-refractivity contribution in [2.75, 3.05) is 17.7 Å². The van der Waals surface area contributed by atoms with Crippen molar-refractivity contribution < 1.29 is 14.3 Å². The van der Waals surface area contributed by atoms with Crippen LogP contribution < -0.4 is 5.32 Å². The van der Waals surface area contributed by atoms with E-state index in [1.165, 1.54) is 28.7 Å². The molecule has 0 aromatic carbocycles. The number of rotatable bonds is 6. The Kier molecular flexibility index (Phi) is 6.16. The largest absolute Gasteiger partial charge is 0.462 e. The van der Waals surface area contributed by atoms with Crippen LogP contribution in [0.3, 0.4) is 0 Å². The quantitative estimate of drug-likeness (QED) is 0.446. The Balaban J connectivity index is 1.68. The summed E-state index contributed by atoms with van der Waals surface area (Å²) in [6, 6.07) is 0. The number of hydrogen-bond donors (Lipinski definition) is 1. The number of hydrogen-bond acceptors (Lipinski definition) is 7. The molecule has 1 amide bonds. The van der Waals surface area contributed by atoms with E-state index in [1.807, 2.05) is 20.8 Å². The molecule has 144 valence electrons. The second kappa shape index (κ2) is 8.39. The summed E-state index contributed by atoms with van der Waals surface area (Å²) in [5, 5.41) is 4.02. The highest BCUT2D eigenvalue weighted by molar-refractivity contribution is 7.99. The van der Waals surface area contributed by atoms with Gasteiger partial charge in [0.25, 0.3) is 0 Å². The number of ether oxygens (including phenoxy) is 1. The van der Waals surface area contributed by atoms with Crippen LogP contribution >= 0.6 is 23.1 Å². The van der Waals surface area contributed by atoms with Crippen molar-refractivity contribution in [3.05, 3.63) is 33.0 Å². The average molecular weight is 406 g/mol. The van der Waals surface area contributed by atoms with Gasteiger partial charge in [0.2, 0.25) is 5.91 Å². The molecule has 0 atom stereocenters.